The van der Waals surface area contributed by atoms with Crippen LogP contribution in [0, 0.1) is 0 Å². The van der Waals surface area contributed by atoms with Crippen molar-refractivity contribution in [2.45, 2.75) is 6.42 Å². The Morgan fingerprint density at radius 3 is 2.62 bits per heavy atom. The molecular formula is C15H10Cl3NO2. The number of aromatic hydroxyl groups is 1. The number of phenolic OH excluding ortho intramolecular Hbond substituents is 1. The van der Waals surface area contributed by atoms with E-state index in [-0.39, 0.29) is 26.4 Å². The molecule has 21 heavy (non-hydrogen) atoms. The summed E-state index contributed by atoms with van der Waals surface area (Å²) in [6.07, 6.45) is 0.759. The van der Waals surface area contributed by atoms with Crippen molar-refractivity contribution in [1.29, 1.82) is 0 Å². The molecule has 0 aromatic heterocycles. The number of amides is 1. The average Bonchev–Trinajstić information content (AvgIpc) is 2.89. The van der Waals surface area contributed by atoms with Crippen molar-refractivity contribution < 1.29 is 9.90 Å². The number of para-hydroxylation sites is 1. The summed E-state index contributed by atoms with van der Waals surface area (Å²) in [5.74, 6) is -0.757. The van der Waals surface area contributed by atoms with Gasteiger partial charge in [0, 0.05) is 12.2 Å². The Kier molecular flexibility index (Phi) is 3.74. The van der Waals surface area contributed by atoms with Gasteiger partial charge in [-0.05, 0) is 24.1 Å². The molecule has 2 aromatic carbocycles. The van der Waals surface area contributed by atoms with Gasteiger partial charge < -0.3 is 10.0 Å². The smallest absolute Gasteiger partial charge is 0.263 e. The van der Waals surface area contributed by atoms with E-state index in [1.807, 2.05) is 24.3 Å². The molecule has 0 saturated carbocycles. The second-order valence-corrected chi connectivity index (χ2v) is 5.91. The first kappa shape index (κ1) is 14.5. The van der Waals surface area contributed by atoms with E-state index in [4.69, 9.17) is 34.8 Å². The first-order valence-electron chi connectivity index (χ1n) is 6.27. The van der Waals surface area contributed by atoms with E-state index in [1.54, 1.807) is 4.90 Å². The lowest BCUT2D eigenvalue weighted by Gasteiger charge is -2.19. The Bertz CT molecular complexity index is 720. The van der Waals surface area contributed by atoms with Crippen LogP contribution in [0.1, 0.15) is 15.9 Å². The maximum Gasteiger partial charge on any atom is 0.263 e. The van der Waals surface area contributed by atoms with Crippen molar-refractivity contribution >= 4 is 46.4 Å². The Hall–Kier alpha value is -1.42. The summed E-state index contributed by atoms with van der Waals surface area (Å²) < 4.78 is 0. The normalized spacial score (nSPS) is 13.4. The standard InChI is InChI=1S/C15H10Cl3NO2/c16-9-7-10(17)14(20)12(13(9)18)15(21)19-6-5-8-3-1-2-4-11(8)19/h1-4,7,20H,5-6H2. The predicted molar refractivity (Wildman–Crippen MR) is 85.0 cm³/mol. The molecule has 3 rings (SSSR count). The van der Waals surface area contributed by atoms with Crippen LogP contribution in [0.25, 0.3) is 0 Å². The monoisotopic (exact) mass is 341 g/mol. The van der Waals surface area contributed by atoms with Crippen LogP contribution >= 0.6 is 34.8 Å². The van der Waals surface area contributed by atoms with Crippen LogP contribution < -0.4 is 4.90 Å². The fourth-order valence-corrected chi connectivity index (χ4v) is 3.15. The molecule has 0 aliphatic carbocycles. The van der Waals surface area contributed by atoms with Crippen molar-refractivity contribution in [3.63, 3.8) is 0 Å². The molecule has 108 valence electrons. The number of halogens is 3. The number of hydrogen-bond donors (Lipinski definition) is 1. The molecule has 1 amide bonds. The van der Waals surface area contributed by atoms with Crippen molar-refractivity contribution in [2.75, 3.05) is 11.4 Å². The van der Waals surface area contributed by atoms with E-state index in [0.29, 0.717) is 6.54 Å². The molecule has 0 fully saturated rings. The van der Waals surface area contributed by atoms with E-state index in [1.165, 1.54) is 6.07 Å². The van der Waals surface area contributed by atoms with Gasteiger partial charge in [0.15, 0.2) is 0 Å². The number of benzene rings is 2. The lowest BCUT2D eigenvalue weighted by atomic mass is 10.1. The van der Waals surface area contributed by atoms with Crippen molar-refractivity contribution in [3.05, 3.63) is 56.5 Å². The maximum atomic E-state index is 12.7. The Balaban J connectivity index is 2.09. The van der Waals surface area contributed by atoms with Gasteiger partial charge in [0.25, 0.3) is 5.91 Å². The fourth-order valence-electron chi connectivity index (χ4n) is 2.47. The molecule has 0 atom stereocenters. The van der Waals surface area contributed by atoms with Gasteiger partial charge in [0.1, 0.15) is 11.3 Å². The number of hydrogen-bond acceptors (Lipinski definition) is 2. The third-order valence-corrected chi connectivity index (χ3v) is 4.57. The van der Waals surface area contributed by atoms with Gasteiger partial charge in [-0.1, -0.05) is 53.0 Å². The van der Waals surface area contributed by atoms with E-state index in [2.05, 4.69) is 0 Å². The zero-order chi connectivity index (χ0) is 15.1. The zero-order valence-corrected chi connectivity index (χ0v) is 13.0. The van der Waals surface area contributed by atoms with Crippen LogP contribution in [-0.4, -0.2) is 17.6 Å². The molecule has 0 unspecified atom stereocenters. The first-order valence-corrected chi connectivity index (χ1v) is 7.40. The van der Waals surface area contributed by atoms with Crippen LogP contribution in [0.15, 0.2) is 30.3 Å². The van der Waals surface area contributed by atoms with Crippen LogP contribution in [0.4, 0.5) is 5.69 Å². The van der Waals surface area contributed by atoms with Crippen molar-refractivity contribution in [1.82, 2.24) is 0 Å². The van der Waals surface area contributed by atoms with E-state index >= 15 is 0 Å². The molecule has 0 saturated heterocycles. The molecule has 1 aliphatic heterocycles. The maximum absolute atomic E-state index is 12.7. The van der Waals surface area contributed by atoms with E-state index in [0.717, 1.165) is 17.7 Å². The highest BCUT2D eigenvalue weighted by Gasteiger charge is 2.30. The van der Waals surface area contributed by atoms with Crippen LogP contribution in [0.2, 0.25) is 15.1 Å². The molecule has 1 N–H and O–H groups in total. The van der Waals surface area contributed by atoms with Crippen LogP contribution in [-0.2, 0) is 6.42 Å². The van der Waals surface area contributed by atoms with Gasteiger partial charge in [-0.3, -0.25) is 4.79 Å². The summed E-state index contributed by atoms with van der Waals surface area (Å²) in [7, 11) is 0. The number of fused-ring (bicyclic) bond motifs is 1. The summed E-state index contributed by atoms with van der Waals surface area (Å²) in [5, 5.41) is 10.2. The zero-order valence-electron chi connectivity index (χ0n) is 10.7. The molecule has 6 heteroatoms. The Labute approximate surface area is 136 Å². The van der Waals surface area contributed by atoms with Crippen LogP contribution in [0.5, 0.6) is 5.75 Å². The predicted octanol–water partition coefficient (Wildman–Crippen LogP) is 4.56. The van der Waals surface area contributed by atoms with Gasteiger partial charge in [-0.15, -0.1) is 0 Å². The number of anilines is 1. The number of rotatable bonds is 1. The van der Waals surface area contributed by atoms with Crippen LogP contribution in [0.3, 0.4) is 0 Å². The van der Waals surface area contributed by atoms with Gasteiger partial charge in [-0.2, -0.15) is 0 Å². The molecule has 0 spiro atoms. The summed E-state index contributed by atoms with van der Waals surface area (Å²) in [4.78, 5) is 14.3. The van der Waals surface area contributed by atoms with Gasteiger partial charge in [0.2, 0.25) is 0 Å². The molecular weight excluding hydrogens is 333 g/mol. The Morgan fingerprint density at radius 2 is 1.86 bits per heavy atom. The first-order chi connectivity index (χ1) is 10.0. The van der Waals surface area contributed by atoms with Gasteiger partial charge in [0.05, 0.1) is 15.1 Å². The highest BCUT2D eigenvalue weighted by molar-refractivity contribution is 6.46. The molecule has 1 aliphatic rings. The minimum absolute atomic E-state index is 0.000215. The average molecular weight is 343 g/mol. The third kappa shape index (κ3) is 2.35. The number of phenols is 1. The highest BCUT2D eigenvalue weighted by Crippen LogP contribution is 2.40. The molecule has 2 aromatic rings. The van der Waals surface area contributed by atoms with E-state index < -0.39 is 5.91 Å². The lowest BCUT2D eigenvalue weighted by Crippen LogP contribution is -2.29. The number of nitrogens with zero attached hydrogens (tertiary/aromatic N) is 1. The second kappa shape index (κ2) is 5.41. The van der Waals surface area contributed by atoms with Gasteiger partial charge >= 0.3 is 0 Å². The molecule has 0 bridgehead atoms. The molecule has 1 heterocycles. The SMILES string of the molecule is O=C(c1c(O)c(Cl)cc(Cl)c1Cl)N1CCc2ccccc21. The van der Waals surface area contributed by atoms with E-state index in [9.17, 15) is 9.90 Å². The quantitative estimate of drug-likeness (QED) is 0.772. The number of carbonyl (C=O) groups excluding carboxylic acids is 1. The number of carbonyl (C=O) groups is 1. The highest BCUT2D eigenvalue weighted by atomic mass is 35.5. The minimum atomic E-state index is -0.410. The lowest BCUT2D eigenvalue weighted by molar-refractivity contribution is 0.0987. The molecule has 0 radical (unpaired) electrons. The molecule has 3 nitrogen and oxygen atoms in total. The summed E-state index contributed by atoms with van der Waals surface area (Å²) in [6, 6.07) is 8.92. The summed E-state index contributed by atoms with van der Waals surface area (Å²) >= 11 is 17.9. The van der Waals surface area contributed by atoms with Crippen molar-refractivity contribution in [2.24, 2.45) is 0 Å². The summed E-state index contributed by atoms with van der Waals surface area (Å²) in [6.45, 7) is 0.526. The van der Waals surface area contributed by atoms with Crippen molar-refractivity contribution in [3.8, 4) is 5.75 Å². The second-order valence-electron chi connectivity index (χ2n) is 4.71. The summed E-state index contributed by atoms with van der Waals surface area (Å²) in [5.41, 5.74) is 1.83. The fraction of sp³-hybridized carbons (Fsp3) is 0.133. The largest absolute Gasteiger partial charge is 0.505 e. The Morgan fingerprint density at radius 1 is 1.14 bits per heavy atom. The van der Waals surface area contributed by atoms with Gasteiger partial charge in [-0.25, -0.2) is 0 Å². The topological polar surface area (TPSA) is 40.5 Å². The third-order valence-electron chi connectivity index (χ3n) is 3.49. The minimum Gasteiger partial charge on any atom is -0.505 e.